The van der Waals surface area contributed by atoms with Gasteiger partial charge in [-0.15, -0.1) is 0 Å². The fourth-order valence-electron chi connectivity index (χ4n) is 3.99. The maximum atomic E-state index is 13.3. The number of imidazole rings is 1. The molecule has 7 heteroatoms. The van der Waals surface area contributed by atoms with E-state index in [2.05, 4.69) is 31.8 Å². The summed E-state index contributed by atoms with van der Waals surface area (Å²) in [6.07, 6.45) is 6.37. The molecule has 0 aliphatic carbocycles. The fraction of sp³-hybridized carbons (Fsp3) is 0.231. The molecule has 0 spiro atoms. The van der Waals surface area contributed by atoms with Crippen LogP contribution in [0.2, 0.25) is 0 Å². The van der Waals surface area contributed by atoms with Gasteiger partial charge in [-0.1, -0.05) is 24.3 Å². The minimum atomic E-state index is -0.228. The van der Waals surface area contributed by atoms with Crippen molar-refractivity contribution in [3.05, 3.63) is 83.9 Å². The van der Waals surface area contributed by atoms with Crippen LogP contribution in [0.4, 0.5) is 5.82 Å². The van der Waals surface area contributed by atoms with E-state index in [0.717, 1.165) is 34.6 Å². The summed E-state index contributed by atoms with van der Waals surface area (Å²) in [5, 5.41) is 2.96. The van der Waals surface area contributed by atoms with Gasteiger partial charge >= 0.3 is 0 Å². The number of aromatic nitrogens is 4. The second-order valence-corrected chi connectivity index (χ2v) is 8.27. The zero-order chi connectivity index (χ0) is 22.8. The molecule has 33 heavy (non-hydrogen) atoms. The Hall–Kier alpha value is -3.84. The van der Waals surface area contributed by atoms with Crippen molar-refractivity contribution in [2.45, 2.75) is 32.9 Å². The smallest absolute Gasteiger partial charge is 0.257 e. The van der Waals surface area contributed by atoms with E-state index >= 15 is 0 Å². The molecule has 166 valence electrons. The van der Waals surface area contributed by atoms with E-state index in [1.165, 1.54) is 0 Å². The van der Waals surface area contributed by atoms with Crippen LogP contribution < -0.4 is 5.32 Å². The quantitative estimate of drug-likeness (QED) is 0.449. The molecule has 0 saturated carbocycles. The van der Waals surface area contributed by atoms with Crippen molar-refractivity contribution in [2.24, 2.45) is 0 Å². The molecule has 2 bridgehead atoms. The van der Waals surface area contributed by atoms with Crippen LogP contribution in [0.3, 0.4) is 0 Å². The molecular weight excluding hydrogens is 414 g/mol. The summed E-state index contributed by atoms with van der Waals surface area (Å²) >= 11 is 0. The van der Waals surface area contributed by atoms with Crippen LogP contribution >= 0.6 is 0 Å². The molecule has 1 aliphatic rings. The zero-order valence-electron chi connectivity index (χ0n) is 18.7. The number of hydrogen-bond acceptors (Lipinski definition) is 5. The number of carbonyl (C=O) groups is 1. The number of fused-ring (bicyclic) bond motifs is 5. The summed E-state index contributed by atoms with van der Waals surface area (Å²) < 4.78 is 8.08. The first kappa shape index (κ1) is 21.0. The van der Waals surface area contributed by atoms with Crippen molar-refractivity contribution in [2.75, 3.05) is 11.9 Å². The number of nitrogens with zero attached hydrogens (tertiary/aromatic N) is 4. The Morgan fingerprint density at radius 1 is 1.09 bits per heavy atom. The Morgan fingerprint density at radius 3 is 2.82 bits per heavy atom. The third kappa shape index (κ3) is 4.40. The number of rotatable bonds is 1. The van der Waals surface area contributed by atoms with Crippen LogP contribution in [-0.2, 0) is 11.3 Å². The maximum absolute atomic E-state index is 13.3. The van der Waals surface area contributed by atoms with E-state index in [-0.39, 0.29) is 11.9 Å². The van der Waals surface area contributed by atoms with Crippen LogP contribution in [0.1, 0.15) is 41.0 Å². The van der Waals surface area contributed by atoms with Crippen molar-refractivity contribution in [1.82, 2.24) is 19.5 Å². The highest BCUT2D eigenvalue weighted by atomic mass is 16.5. The van der Waals surface area contributed by atoms with E-state index < -0.39 is 0 Å². The number of amides is 1. The van der Waals surface area contributed by atoms with Crippen molar-refractivity contribution >= 4 is 11.7 Å². The van der Waals surface area contributed by atoms with E-state index in [1.54, 1.807) is 12.3 Å². The topological polar surface area (TPSA) is 81.9 Å². The van der Waals surface area contributed by atoms with Crippen molar-refractivity contribution in [1.29, 1.82) is 0 Å². The summed E-state index contributed by atoms with van der Waals surface area (Å²) in [5.41, 5.74) is 4.94. The SMILES string of the molecule is Cc1ccc(-c2ccc3c(c2)C(=O)Nc2cccc(n2)-c2nccn2[C@@H](C)CCOC3)cn1. The van der Waals surface area contributed by atoms with Crippen LogP contribution in [0.5, 0.6) is 0 Å². The molecule has 0 radical (unpaired) electrons. The Balaban J connectivity index is 1.55. The number of pyridine rings is 2. The van der Waals surface area contributed by atoms with Gasteiger partial charge in [0.1, 0.15) is 11.5 Å². The van der Waals surface area contributed by atoms with Gasteiger partial charge < -0.3 is 14.6 Å². The van der Waals surface area contributed by atoms with Gasteiger partial charge in [0.05, 0.1) is 6.61 Å². The molecule has 0 saturated heterocycles. The van der Waals surface area contributed by atoms with Crippen molar-refractivity contribution < 1.29 is 9.53 Å². The highest BCUT2D eigenvalue weighted by Crippen LogP contribution is 2.26. The Labute approximate surface area is 192 Å². The second kappa shape index (κ2) is 8.96. The van der Waals surface area contributed by atoms with Crippen LogP contribution in [0.25, 0.3) is 22.6 Å². The number of nitrogens with one attached hydrogen (secondary N) is 1. The van der Waals surface area contributed by atoms with E-state index in [1.807, 2.05) is 61.8 Å². The third-order valence-electron chi connectivity index (χ3n) is 5.90. The zero-order valence-corrected chi connectivity index (χ0v) is 18.7. The predicted molar refractivity (Wildman–Crippen MR) is 127 cm³/mol. The summed E-state index contributed by atoms with van der Waals surface area (Å²) in [7, 11) is 0. The first-order valence-electron chi connectivity index (χ1n) is 11.0. The number of aryl methyl sites for hydroxylation is 1. The summed E-state index contributed by atoms with van der Waals surface area (Å²) in [4.78, 5) is 26.9. The maximum Gasteiger partial charge on any atom is 0.257 e. The molecule has 3 aromatic heterocycles. The molecule has 1 atom stereocenters. The van der Waals surface area contributed by atoms with Gasteiger partial charge in [-0.2, -0.15) is 0 Å². The summed E-state index contributed by atoms with van der Waals surface area (Å²) in [6.45, 7) is 5.01. The van der Waals surface area contributed by atoms with Gasteiger partial charge in [0.15, 0.2) is 5.82 Å². The van der Waals surface area contributed by atoms with E-state index in [4.69, 9.17) is 4.74 Å². The van der Waals surface area contributed by atoms with Crippen LogP contribution in [-0.4, -0.2) is 32.0 Å². The Morgan fingerprint density at radius 2 is 1.97 bits per heavy atom. The molecule has 0 fully saturated rings. The van der Waals surface area contributed by atoms with Gasteiger partial charge in [0, 0.05) is 48.1 Å². The molecule has 5 rings (SSSR count). The average Bonchev–Trinajstić information content (AvgIpc) is 3.32. The van der Waals surface area contributed by atoms with Gasteiger partial charge in [0.25, 0.3) is 5.91 Å². The summed E-state index contributed by atoms with van der Waals surface area (Å²) in [5.74, 6) is 1.02. The summed E-state index contributed by atoms with van der Waals surface area (Å²) in [6, 6.07) is 15.6. The molecule has 4 heterocycles. The molecule has 0 unspecified atom stereocenters. The first-order chi connectivity index (χ1) is 16.1. The number of ether oxygens (including phenoxy) is 1. The van der Waals surface area contributed by atoms with Crippen LogP contribution in [0, 0.1) is 6.92 Å². The van der Waals surface area contributed by atoms with Gasteiger partial charge in [0.2, 0.25) is 0 Å². The molecule has 7 nitrogen and oxygen atoms in total. The Bertz CT molecular complexity index is 1300. The molecule has 4 aromatic rings. The molecule has 1 aliphatic heterocycles. The lowest BCUT2D eigenvalue weighted by Crippen LogP contribution is -2.17. The number of hydrogen-bond donors (Lipinski definition) is 1. The monoisotopic (exact) mass is 439 g/mol. The number of benzene rings is 1. The fourth-order valence-corrected chi connectivity index (χ4v) is 3.99. The Kier molecular flexibility index (Phi) is 5.71. The first-order valence-corrected chi connectivity index (χ1v) is 11.0. The van der Waals surface area contributed by atoms with Gasteiger partial charge in [-0.05, 0) is 55.7 Å². The predicted octanol–water partition coefficient (Wildman–Crippen LogP) is 5.05. The van der Waals surface area contributed by atoms with Crippen molar-refractivity contribution in [3.8, 4) is 22.6 Å². The minimum absolute atomic E-state index is 0.196. The molecule has 1 N–H and O–H groups in total. The largest absolute Gasteiger partial charge is 0.377 e. The van der Waals surface area contributed by atoms with Crippen LogP contribution in [0.15, 0.2) is 67.1 Å². The third-order valence-corrected chi connectivity index (χ3v) is 5.90. The highest BCUT2D eigenvalue weighted by molar-refractivity contribution is 6.05. The van der Waals surface area contributed by atoms with E-state index in [0.29, 0.717) is 30.3 Å². The molecular formula is C26H25N5O2. The molecule has 1 aromatic carbocycles. The second-order valence-electron chi connectivity index (χ2n) is 8.27. The minimum Gasteiger partial charge on any atom is -0.377 e. The van der Waals surface area contributed by atoms with Gasteiger partial charge in [-0.3, -0.25) is 9.78 Å². The highest BCUT2D eigenvalue weighted by Gasteiger charge is 2.18. The van der Waals surface area contributed by atoms with Crippen molar-refractivity contribution in [3.63, 3.8) is 0 Å². The normalized spacial score (nSPS) is 16.3. The van der Waals surface area contributed by atoms with E-state index in [9.17, 15) is 4.79 Å². The number of carbonyl (C=O) groups excluding carboxylic acids is 1. The average molecular weight is 440 g/mol. The molecule has 1 amide bonds. The standard InChI is InChI=1S/C26H25N5O2/c1-17-6-7-20(15-28-17)19-8-9-21-16-33-13-10-18(2)31-12-11-27-25(31)23-4-3-5-24(29-23)30-26(32)22(21)14-19/h3-9,11-12,14-15,18H,10,13,16H2,1-2H3,(H,29,30,32)/t18-/m0/s1. The lowest BCUT2D eigenvalue weighted by molar-refractivity contribution is 0.0990. The number of anilines is 1. The lowest BCUT2D eigenvalue weighted by atomic mass is 9.99. The lowest BCUT2D eigenvalue weighted by Gasteiger charge is -2.18. The van der Waals surface area contributed by atoms with Gasteiger partial charge in [-0.25, -0.2) is 9.97 Å².